The van der Waals surface area contributed by atoms with Crippen LogP contribution in [0.15, 0.2) is 28.8 Å². The van der Waals surface area contributed by atoms with Crippen molar-refractivity contribution in [3.05, 3.63) is 40.0 Å². The fourth-order valence-corrected chi connectivity index (χ4v) is 3.34. The molecular weight excluding hydrogens is 377 g/mol. The number of carbonyl (C=O) groups is 2. The van der Waals surface area contributed by atoms with Crippen molar-refractivity contribution in [1.29, 1.82) is 0 Å². The highest BCUT2D eigenvalue weighted by Gasteiger charge is 2.38. The van der Waals surface area contributed by atoms with Gasteiger partial charge in [-0.15, -0.1) is 0 Å². The van der Waals surface area contributed by atoms with Crippen molar-refractivity contribution in [2.24, 2.45) is 0 Å². The van der Waals surface area contributed by atoms with E-state index in [1.54, 1.807) is 24.3 Å². The number of hydrogen-bond acceptors (Lipinski definition) is 4. The van der Waals surface area contributed by atoms with Crippen LogP contribution in [0.1, 0.15) is 39.3 Å². The monoisotopic (exact) mass is 395 g/mol. The average molecular weight is 396 g/mol. The van der Waals surface area contributed by atoms with Crippen molar-refractivity contribution in [2.45, 2.75) is 45.1 Å². The van der Waals surface area contributed by atoms with Crippen LogP contribution in [-0.4, -0.2) is 23.0 Å². The van der Waals surface area contributed by atoms with Crippen molar-refractivity contribution in [2.75, 3.05) is 10.2 Å². The van der Waals surface area contributed by atoms with Gasteiger partial charge >= 0.3 is 0 Å². The lowest BCUT2D eigenvalue weighted by molar-refractivity contribution is -0.120. The first-order valence-electron chi connectivity index (χ1n) is 8.21. The van der Waals surface area contributed by atoms with Gasteiger partial charge in [-0.1, -0.05) is 49.1 Å². The first kappa shape index (κ1) is 18.7. The van der Waals surface area contributed by atoms with E-state index in [0.717, 1.165) is 5.69 Å². The summed E-state index contributed by atoms with van der Waals surface area (Å²) < 4.78 is 5.20. The zero-order valence-electron chi connectivity index (χ0n) is 14.7. The zero-order valence-corrected chi connectivity index (χ0v) is 16.2. The van der Waals surface area contributed by atoms with Gasteiger partial charge in [0.2, 0.25) is 17.7 Å². The summed E-state index contributed by atoms with van der Waals surface area (Å²) in [5.41, 5.74) is 1.03. The molecule has 1 aromatic heterocycles. The Morgan fingerprint density at radius 1 is 1.23 bits per heavy atom. The topological polar surface area (TPSA) is 75.4 Å². The minimum atomic E-state index is -0.666. The predicted octanol–water partition coefficient (Wildman–Crippen LogP) is 4.41. The third-order valence-electron chi connectivity index (χ3n) is 4.17. The predicted molar refractivity (Wildman–Crippen MR) is 101 cm³/mol. The highest BCUT2D eigenvalue weighted by Crippen LogP contribution is 2.32. The van der Waals surface area contributed by atoms with Crippen molar-refractivity contribution in [3.8, 4) is 0 Å². The Balaban J connectivity index is 1.81. The summed E-state index contributed by atoms with van der Waals surface area (Å²) in [6.45, 7) is 5.99. The number of carbonyl (C=O) groups excluding carboxylic acids is 2. The maximum atomic E-state index is 12.7. The van der Waals surface area contributed by atoms with Gasteiger partial charge in [0.1, 0.15) is 6.04 Å². The molecule has 0 bridgehead atoms. The molecule has 1 saturated heterocycles. The number of rotatable bonds is 3. The molecule has 2 heterocycles. The summed E-state index contributed by atoms with van der Waals surface area (Å²) in [6, 6.07) is 5.83. The summed E-state index contributed by atoms with van der Waals surface area (Å²) in [6.07, 6.45) is 0.668. The van der Waals surface area contributed by atoms with Gasteiger partial charge in [0, 0.05) is 33.6 Å². The second-order valence-corrected chi connectivity index (χ2v) is 8.13. The normalized spacial score (nSPS) is 17.7. The van der Waals surface area contributed by atoms with Crippen LogP contribution in [0, 0.1) is 0 Å². The molecule has 1 atom stereocenters. The molecule has 1 N–H and O–H groups in total. The molecule has 1 aliphatic rings. The number of nitrogens with one attached hydrogen (secondary N) is 1. The van der Waals surface area contributed by atoms with Gasteiger partial charge < -0.3 is 4.52 Å². The first-order valence-corrected chi connectivity index (χ1v) is 8.97. The zero-order chi connectivity index (χ0) is 19.1. The van der Waals surface area contributed by atoms with Crippen LogP contribution in [0.5, 0.6) is 0 Å². The van der Waals surface area contributed by atoms with Crippen LogP contribution in [0.3, 0.4) is 0 Å². The van der Waals surface area contributed by atoms with Crippen LogP contribution < -0.4 is 10.2 Å². The van der Waals surface area contributed by atoms with Gasteiger partial charge in [-0.3, -0.25) is 19.8 Å². The highest BCUT2D eigenvalue weighted by molar-refractivity contribution is 6.35. The van der Waals surface area contributed by atoms with E-state index >= 15 is 0 Å². The molecule has 138 valence electrons. The van der Waals surface area contributed by atoms with Crippen molar-refractivity contribution in [1.82, 2.24) is 5.16 Å². The molecule has 0 unspecified atom stereocenters. The van der Waals surface area contributed by atoms with E-state index in [0.29, 0.717) is 22.2 Å². The van der Waals surface area contributed by atoms with Crippen molar-refractivity contribution < 1.29 is 14.1 Å². The Kier molecular flexibility index (Phi) is 4.99. The molecule has 3 rings (SSSR count). The SMILES string of the molecule is CC(C)(C)c1cc(NC(=O)[C@@H]2CCC(=O)N2c2cc(Cl)cc(Cl)c2)on1. The maximum absolute atomic E-state index is 12.7. The molecule has 2 amide bonds. The minimum absolute atomic E-state index is 0.156. The van der Waals surface area contributed by atoms with Crippen LogP contribution in [0.25, 0.3) is 0 Å². The largest absolute Gasteiger partial charge is 0.338 e. The summed E-state index contributed by atoms with van der Waals surface area (Å²) in [4.78, 5) is 26.5. The standard InChI is InChI=1S/C18H19Cl2N3O3/c1-18(2,3)14-9-15(26-22-14)21-17(25)13-4-5-16(24)23(13)12-7-10(19)6-11(20)8-12/h6-9,13H,4-5H2,1-3H3,(H,21,25)/t13-/m0/s1. The van der Waals surface area contributed by atoms with Gasteiger partial charge in [-0.05, 0) is 24.6 Å². The molecule has 26 heavy (non-hydrogen) atoms. The van der Waals surface area contributed by atoms with E-state index in [2.05, 4.69) is 10.5 Å². The molecule has 1 fully saturated rings. The van der Waals surface area contributed by atoms with Gasteiger partial charge in [-0.25, -0.2) is 0 Å². The van der Waals surface area contributed by atoms with Crippen LogP contribution in [0.2, 0.25) is 10.0 Å². The number of hydrogen-bond donors (Lipinski definition) is 1. The molecular formula is C18H19Cl2N3O3. The van der Waals surface area contributed by atoms with E-state index in [9.17, 15) is 9.59 Å². The van der Waals surface area contributed by atoms with E-state index in [1.165, 1.54) is 4.90 Å². The summed E-state index contributed by atoms with van der Waals surface area (Å²) >= 11 is 12.1. The lowest BCUT2D eigenvalue weighted by Crippen LogP contribution is -2.41. The second kappa shape index (κ2) is 6.93. The molecule has 1 aromatic carbocycles. The molecule has 0 saturated carbocycles. The molecule has 8 heteroatoms. The van der Waals surface area contributed by atoms with E-state index in [1.807, 2.05) is 20.8 Å². The van der Waals surface area contributed by atoms with Crippen molar-refractivity contribution >= 4 is 46.6 Å². The summed E-state index contributed by atoms with van der Waals surface area (Å²) in [5, 5.41) is 7.47. The van der Waals surface area contributed by atoms with Crippen LogP contribution in [-0.2, 0) is 15.0 Å². The quantitative estimate of drug-likeness (QED) is 0.834. The Labute approximate surface area is 161 Å². The lowest BCUT2D eigenvalue weighted by atomic mass is 9.92. The summed E-state index contributed by atoms with van der Waals surface area (Å²) in [5.74, 6) is -0.247. The van der Waals surface area contributed by atoms with Gasteiger partial charge in [0.15, 0.2) is 0 Å². The van der Waals surface area contributed by atoms with E-state index in [4.69, 9.17) is 27.7 Å². The van der Waals surface area contributed by atoms with E-state index in [-0.39, 0.29) is 29.5 Å². The summed E-state index contributed by atoms with van der Waals surface area (Å²) in [7, 11) is 0. The first-order chi connectivity index (χ1) is 12.1. The van der Waals surface area contributed by atoms with Crippen LogP contribution >= 0.6 is 23.2 Å². The maximum Gasteiger partial charge on any atom is 0.249 e. The third kappa shape index (κ3) is 3.86. The molecule has 1 aliphatic heterocycles. The smallest absolute Gasteiger partial charge is 0.249 e. The fourth-order valence-electron chi connectivity index (χ4n) is 2.83. The number of anilines is 2. The number of aromatic nitrogens is 1. The number of amides is 2. The van der Waals surface area contributed by atoms with Crippen LogP contribution in [0.4, 0.5) is 11.6 Å². The highest BCUT2D eigenvalue weighted by atomic mass is 35.5. The van der Waals surface area contributed by atoms with E-state index < -0.39 is 6.04 Å². The molecule has 0 radical (unpaired) electrons. The minimum Gasteiger partial charge on any atom is -0.338 e. The Morgan fingerprint density at radius 3 is 2.46 bits per heavy atom. The molecule has 2 aromatic rings. The second-order valence-electron chi connectivity index (χ2n) is 7.26. The van der Waals surface area contributed by atoms with Gasteiger partial charge in [0.25, 0.3) is 0 Å². The average Bonchev–Trinajstić information content (AvgIpc) is 3.12. The number of halogens is 2. The molecule has 0 spiro atoms. The Hall–Kier alpha value is -2.05. The van der Waals surface area contributed by atoms with Gasteiger partial charge in [0.05, 0.1) is 5.69 Å². The molecule has 0 aliphatic carbocycles. The number of nitrogens with zero attached hydrogens (tertiary/aromatic N) is 2. The Bertz CT molecular complexity index is 837. The van der Waals surface area contributed by atoms with Crippen molar-refractivity contribution in [3.63, 3.8) is 0 Å². The Morgan fingerprint density at radius 2 is 1.88 bits per heavy atom. The number of benzene rings is 1. The third-order valence-corrected chi connectivity index (χ3v) is 4.60. The van der Waals surface area contributed by atoms with Gasteiger partial charge in [-0.2, -0.15) is 0 Å². The fraction of sp³-hybridized carbons (Fsp3) is 0.389. The lowest BCUT2D eigenvalue weighted by Gasteiger charge is -2.24. The molecule has 6 nitrogen and oxygen atoms in total.